The van der Waals surface area contributed by atoms with E-state index in [9.17, 15) is 0 Å². The van der Waals surface area contributed by atoms with Gasteiger partial charge in [0.15, 0.2) is 0 Å². The molecule has 4 heteroatoms. The van der Waals surface area contributed by atoms with Gasteiger partial charge in [-0.05, 0) is 31.5 Å². The van der Waals surface area contributed by atoms with Crippen LogP contribution in [0, 0.1) is 0 Å². The smallest absolute Gasteiger partial charge is 0.137 e. The molecule has 0 atom stereocenters. The van der Waals surface area contributed by atoms with Gasteiger partial charge < -0.3 is 15.2 Å². The predicted molar refractivity (Wildman–Crippen MR) is 66.1 cm³/mol. The van der Waals surface area contributed by atoms with E-state index >= 15 is 0 Å². The van der Waals surface area contributed by atoms with E-state index in [1.807, 2.05) is 24.3 Å². The van der Waals surface area contributed by atoms with Gasteiger partial charge in [0.2, 0.25) is 0 Å². The molecule has 1 aromatic rings. The molecule has 0 unspecified atom stereocenters. The van der Waals surface area contributed by atoms with Crippen LogP contribution in [0.25, 0.3) is 0 Å². The van der Waals surface area contributed by atoms with Gasteiger partial charge in [-0.3, -0.25) is 0 Å². The Balaban J connectivity index is 2.05. The van der Waals surface area contributed by atoms with E-state index in [1.54, 1.807) is 0 Å². The third-order valence-corrected chi connectivity index (χ3v) is 2.44. The van der Waals surface area contributed by atoms with Gasteiger partial charge in [0.05, 0.1) is 18.2 Å². The first-order chi connectivity index (χ1) is 7.84. The number of aliphatic hydroxyl groups excluding tert-OH is 1. The second-order valence-electron chi connectivity index (χ2n) is 3.46. The average molecular weight is 244 g/mol. The van der Waals surface area contributed by atoms with Gasteiger partial charge in [-0.2, -0.15) is 0 Å². The van der Waals surface area contributed by atoms with Crippen molar-refractivity contribution in [3.63, 3.8) is 0 Å². The van der Waals surface area contributed by atoms with E-state index in [1.165, 1.54) is 0 Å². The van der Waals surface area contributed by atoms with Crippen molar-refractivity contribution >= 4 is 11.6 Å². The maximum absolute atomic E-state index is 8.55. The summed E-state index contributed by atoms with van der Waals surface area (Å²) in [5.41, 5.74) is 0. The number of halogens is 1. The van der Waals surface area contributed by atoms with Gasteiger partial charge in [0.1, 0.15) is 5.75 Å². The average Bonchev–Trinajstić information content (AvgIpc) is 2.30. The topological polar surface area (TPSA) is 41.5 Å². The molecule has 0 saturated heterocycles. The molecule has 0 spiro atoms. The quantitative estimate of drug-likeness (QED) is 0.687. The fourth-order valence-electron chi connectivity index (χ4n) is 1.30. The maximum Gasteiger partial charge on any atom is 0.137 e. The molecule has 0 radical (unpaired) electrons. The first-order valence-electron chi connectivity index (χ1n) is 5.53. The minimum absolute atomic E-state index is 0.191. The highest BCUT2D eigenvalue weighted by Crippen LogP contribution is 2.23. The van der Waals surface area contributed by atoms with Gasteiger partial charge in [0, 0.05) is 6.54 Å². The molecule has 1 rings (SSSR count). The first kappa shape index (κ1) is 13.3. The lowest BCUT2D eigenvalue weighted by Crippen LogP contribution is -2.19. The standard InChI is InChI=1S/C12H18ClNO2/c13-11-5-1-2-6-12(11)16-10-4-3-7-14-8-9-15/h1-2,5-6,14-15H,3-4,7-10H2. The van der Waals surface area contributed by atoms with Crippen molar-refractivity contribution in [1.82, 2.24) is 5.32 Å². The van der Waals surface area contributed by atoms with Crippen LogP contribution in [0.3, 0.4) is 0 Å². The number of nitrogens with one attached hydrogen (secondary N) is 1. The fourth-order valence-corrected chi connectivity index (χ4v) is 1.49. The summed E-state index contributed by atoms with van der Waals surface area (Å²) in [7, 11) is 0. The summed E-state index contributed by atoms with van der Waals surface area (Å²) in [5.74, 6) is 0.743. The molecule has 0 aliphatic heterocycles. The van der Waals surface area contributed by atoms with E-state index in [-0.39, 0.29) is 6.61 Å². The summed E-state index contributed by atoms with van der Waals surface area (Å²) in [6.07, 6.45) is 2.01. The maximum atomic E-state index is 8.55. The van der Waals surface area contributed by atoms with Crippen LogP contribution < -0.4 is 10.1 Å². The summed E-state index contributed by atoms with van der Waals surface area (Å²) >= 11 is 5.94. The van der Waals surface area contributed by atoms with Gasteiger partial charge in [-0.1, -0.05) is 23.7 Å². The summed E-state index contributed by atoms with van der Waals surface area (Å²) in [4.78, 5) is 0. The molecule has 3 nitrogen and oxygen atoms in total. The Labute approximate surface area is 101 Å². The number of hydrogen-bond donors (Lipinski definition) is 2. The van der Waals surface area contributed by atoms with Gasteiger partial charge in [-0.25, -0.2) is 0 Å². The van der Waals surface area contributed by atoms with Crippen LogP contribution >= 0.6 is 11.6 Å². The normalized spacial score (nSPS) is 10.4. The first-order valence-corrected chi connectivity index (χ1v) is 5.91. The summed E-state index contributed by atoms with van der Waals surface area (Å²) in [6, 6.07) is 7.48. The highest BCUT2D eigenvalue weighted by Gasteiger charge is 1.98. The van der Waals surface area contributed by atoms with E-state index in [4.69, 9.17) is 21.4 Å². The molecule has 2 N–H and O–H groups in total. The van der Waals surface area contributed by atoms with Crippen LogP contribution in [0.2, 0.25) is 5.02 Å². The number of unbranched alkanes of at least 4 members (excludes halogenated alkanes) is 1. The van der Waals surface area contributed by atoms with Crippen molar-refractivity contribution in [2.45, 2.75) is 12.8 Å². The van der Waals surface area contributed by atoms with E-state index < -0.39 is 0 Å². The summed E-state index contributed by atoms with van der Waals surface area (Å²) in [5, 5.41) is 12.3. The summed E-state index contributed by atoms with van der Waals surface area (Å²) < 4.78 is 5.53. The molecule has 16 heavy (non-hydrogen) atoms. The molecular weight excluding hydrogens is 226 g/mol. The van der Waals surface area contributed by atoms with Gasteiger partial charge >= 0.3 is 0 Å². The third kappa shape index (κ3) is 5.35. The molecular formula is C12H18ClNO2. The van der Waals surface area contributed by atoms with Crippen LogP contribution in [0.4, 0.5) is 0 Å². The molecule has 0 saturated carbocycles. The number of rotatable bonds is 8. The highest BCUT2D eigenvalue weighted by molar-refractivity contribution is 6.32. The van der Waals surface area contributed by atoms with Crippen molar-refractivity contribution in [3.05, 3.63) is 29.3 Å². The molecule has 0 aromatic heterocycles. The minimum atomic E-state index is 0.191. The number of ether oxygens (including phenoxy) is 1. The van der Waals surface area contributed by atoms with Crippen molar-refractivity contribution in [2.75, 3.05) is 26.3 Å². The third-order valence-electron chi connectivity index (χ3n) is 2.13. The second-order valence-corrected chi connectivity index (χ2v) is 3.87. The van der Waals surface area contributed by atoms with Crippen molar-refractivity contribution in [1.29, 1.82) is 0 Å². The zero-order valence-corrected chi connectivity index (χ0v) is 10.0. The Bertz CT molecular complexity index is 294. The zero-order valence-electron chi connectivity index (χ0n) is 9.29. The molecule has 90 valence electrons. The van der Waals surface area contributed by atoms with Crippen LogP contribution in [0.15, 0.2) is 24.3 Å². The largest absolute Gasteiger partial charge is 0.492 e. The lowest BCUT2D eigenvalue weighted by molar-refractivity contribution is 0.286. The van der Waals surface area contributed by atoms with Crippen molar-refractivity contribution in [2.24, 2.45) is 0 Å². The van der Waals surface area contributed by atoms with E-state index in [0.717, 1.165) is 25.1 Å². The zero-order chi connectivity index (χ0) is 11.6. The monoisotopic (exact) mass is 243 g/mol. The summed E-state index contributed by atoms with van der Waals surface area (Å²) in [6.45, 7) is 2.43. The number of hydrogen-bond acceptors (Lipinski definition) is 3. The molecule has 0 fully saturated rings. The highest BCUT2D eigenvalue weighted by atomic mass is 35.5. The second kappa shape index (κ2) is 8.39. The number of aliphatic hydroxyl groups is 1. The van der Waals surface area contributed by atoms with Crippen LogP contribution in [0.1, 0.15) is 12.8 Å². The Hall–Kier alpha value is -0.770. The van der Waals surface area contributed by atoms with Crippen molar-refractivity contribution < 1.29 is 9.84 Å². The number of para-hydroxylation sites is 1. The molecule has 1 aromatic carbocycles. The molecule has 0 bridgehead atoms. The van der Waals surface area contributed by atoms with Crippen LogP contribution in [0.5, 0.6) is 5.75 Å². The van der Waals surface area contributed by atoms with E-state index in [2.05, 4.69) is 5.32 Å². The van der Waals surface area contributed by atoms with Crippen LogP contribution in [-0.4, -0.2) is 31.4 Å². The van der Waals surface area contributed by atoms with Gasteiger partial charge in [0.25, 0.3) is 0 Å². The Morgan fingerprint density at radius 1 is 1.19 bits per heavy atom. The Kier molecular flexibility index (Phi) is 6.97. The Morgan fingerprint density at radius 2 is 2.00 bits per heavy atom. The molecule has 0 aliphatic rings. The predicted octanol–water partition coefficient (Wildman–Crippen LogP) is 2.08. The minimum Gasteiger partial charge on any atom is -0.492 e. The van der Waals surface area contributed by atoms with Crippen molar-refractivity contribution in [3.8, 4) is 5.75 Å². The van der Waals surface area contributed by atoms with Gasteiger partial charge in [-0.15, -0.1) is 0 Å². The SMILES string of the molecule is OCCNCCCCOc1ccccc1Cl. The Morgan fingerprint density at radius 3 is 2.75 bits per heavy atom. The lowest BCUT2D eigenvalue weighted by Gasteiger charge is -2.07. The molecule has 0 aliphatic carbocycles. The van der Waals surface area contributed by atoms with Crippen LogP contribution in [-0.2, 0) is 0 Å². The van der Waals surface area contributed by atoms with E-state index in [0.29, 0.717) is 18.2 Å². The fraction of sp³-hybridized carbons (Fsp3) is 0.500. The molecule has 0 heterocycles. The number of benzene rings is 1. The lowest BCUT2D eigenvalue weighted by atomic mass is 10.3. The molecule has 0 amide bonds.